The van der Waals surface area contributed by atoms with E-state index in [0.717, 1.165) is 26.1 Å². The van der Waals surface area contributed by atoms with Gasteiger partial charge in [0.05, 0.1) is 6.61 Å². The Balaban J connectivity index is 2.60. The summed E-state index contributed by atoms with van der Waals surface area (Å²) in [5.74, 6) is 0. The Bertz CT molecular complexity index is 341. The van der Waals surface area contributed by atoms with Gasteiger partial charge in [0.25, 0.3) is 0 Å². The third kappa shape index (κ3) is 4.41. The molecule has 1 unspecified atom stereocenters. The number of benzene rings is 1. The first-order chi connectivity index (χ1) is 8.72. The molecule has 0 bridgehead atoms. The number of nitrogens with one attached hydrogen (secondary N) is 1. The second-order valence-corrected chi connectivity index (χ2v) is 4.64. The van der Waals surface area contributed by atoms with Crippen molar-refractivity contribution in [3.05, 3.63) is 35.4 Å². The van der Waals surface area contributed by atoms with Crippen molar-refractivity contribution in [1.29, 1.82) is 0 Å². The summed E-state index contributed by atoms with van der Waals surface area (Å²) in [6.45, 7) is 7.30. The van der Waals surface area contributed by atoms with E-state index in [9.17, 15) is 0 Å². The van der Waals surface area contributed by atoms with Crippen LogP contribution in [-0.4, -0.2) is 43.3 Å². The molecule has 102 valence electrons. The molecule has 3 heteroatoms. The van der Waals surface area contributed by atoms with Crippen molar-refractivity contribution in [3.63, 3.8) is 0 Å². The maximum absolute atomic E-state index is 8.99. The van der Waals surface area contributed by atoms with Gasteiger partial charge in [-0.3, -0.25) is 0 Å². The molecule has 1 aromatic rings. The topological polar surface area (TPSA) is 35.5 Å². The molecular formula is C15H26N2O. The Morgan fingerprint density at radius 3 is 2.56 bits per heavy atom. The van der Waals surface area contributed by atoms with Crippen LogP contribution in [0.2, 0.25) is 0 Å². The first-order valence-electron chi connectivity index (χ1n) is 6.78. The molecule has 1 aromatic carbocycles. The van der Waals surface area contributed by atoms with Gasteiger partial charge in [-0.25, -0.2) is 0 Å². The molecule has 1 atom stereocenters. The lowest BCUT2D eigenvalue weighted by Crippen LogP contribution is -2.30. The van der Waals surface area contributed by atoms with Gasteiger partial charge in [0.2, 0.25) is 0 Å². The fraction of sp³-hybridized carbons (Fsp3) is 0.600. The van der Waals surface area contributed by atoms with Crippen LogP contribution < -0.4 is 5.32 Å². The van der Waals surface area contributed by atoms with Crippen molar-refractivity contribution >= 4 is 0 Å². The zero-order valence-electron chi connectivity index (χ0n) is 11.8. The Kier molecular flexibility index (Phi) is 6.94. The molecule has 0 radical (unpaired) electrons. The summed E-state index contributed by atoms with van der Waals surface area (Å²) in [4.78, 5) is 2.28. The van der Waals surface area contributed by atoms with Crippen LogP contribution in [0.1, 0.15) is 30.5 Å². The highest BCUT2D eigenvalue weighted by Crippen LogP contribution is 2.20. The zero-order chi connectivity index (χ0) is 13.4. The van der Waals surface area contributed by atoms with Gasteiger partial charge in [0.15, 0.2) is 0 Å². The number of aliphatic hydroxyl groups excluding tert-OH is 1. The minimum atomic E-state index is 0.239. The quantitative estimate of drug-likeness (QED) is 0.740. The SMILES string of the molecule is CCN(CCO)CCC(NC)c1ccccc1C. The molecule has 3 nitrogen and oxygen atoms in total. The maximum Gasteiger partial charge on any atom is 0.0558 e. The van der Waals surface area contributed by atoms with Crippen LogP contribution >= 0.6 is 0 Å². The lowest BCUT2D eigenvalue weighted by molar-refractivity contribution is 0.196. The summed E-state index contributed by atoms with van der Waals surface area (Å²) in [5.41, 5.74) is 2.71. The van der Waals surface area contributed by atoms with Crippen LogP contribution in [0.5, 0.6) is 0 Å². The predicted molar refractivity (Wildman–Crippen MR) is 76.8 cm³/mol. The van der Waals surface area contributed by atoms with Crippen molar-refractivity contribution < 1.29 is 5.11 Å². The second kappa shape index (κ2) is 8.25. The van der Waals surface area contributed by atoms with Crippen molar-refractivity contribution in [2.24, 2.45) is 0 Å². The van der Waals surface area contributed by atoms with Crippen LogP contribution in [0.4, 0.5) is 0 Å². The van der Waals surface area contributed by atoms with E-state index >= 15 is 0 Å². The van der Waals surface area contributed by atoms with Gasteiger partial charge in [-0.05, 0) is 38.1 Å². The van der Waals surface area contributed by atoms with Gasteiger partial charge in [0, 0.05) is 19.1 Å². The smallest absolute Gasteiger partial charge is 0.0558 e. The van der Waals surface area contributed by atoms with Crippen LogP contribution in [0.3, 0.4) is 0 Å². The molecule has 0 aliphatic heterocycles. The van der Waals surface area contributed by atoms with E-state index < -0.39 is 0 Å². The summed E-state index contributed by atoms with van der Waals surface area (Å²) in [5, 5.41) is 12.4. The average molecular weight is 250 g/mol. The molecule has 2 N–H and O–H groups in total. The lowest BCUT2D eigenvalue weighted by Gasteiger charge is -2.24. The lowest BCUT2D eigenvalue weighted by atomic mass is 9.99. The largest absolute Gasteiger partial charge is 0.395 e. The van der Waals surface area contributed by atoms with Crippen LogP contribution in [0.25, 0.3) is 0 Å². The third-order valence-corrected chi connectivity index (χ3v) is 3.51. The van der Waals surface area contributed by atoms with Crippen LogP contribution in [0.15, 0.2) is 24.3 Å². The first-order valence-corrected chi connectivity index (χ1v) is 6.78. The zero-order valence-corrected chi connectivity index (χ0v) is 11.8. The minimum Gasteiger partial charge on any atom is -0.395 e. The molecule has 0 aromatic heterocycles. The highest BCUT2D eigenvalue weighted by atomic mass is 16.3. The van der Waals surface area contributed by atoms with E-state index in [1.165, 1.54) is 11.1 Å². The van der Waals surface area contributed by atoms with Crippen LogP contribution in [0, 0.1) is 6.92 Å². The summed E-state index contributed by atoms with van der Waals surface area (Å²) in [6.07, 6.45) is 1.06. The van der Waals surface area contributed by atoms with E-state index in [0.29, 0.717) is 6.04 Å². The van der Waals surface area contributed by atoms with Crippen molar-refractivity contribution in [2.45, 2.75) is 26.3 Å². The minimum absolute atomic E-state index is 0.239. The Morgan fingerprint density at radius 1 is 1.28 bits per heavy atom. The molecular weight excluding hydrogens is 224 g/mol. The van der Waals surface area contributed by atoms with E-state index in [1.54, 1.807) is 0 Å². The van der Waals surface area contributed by atoms with Gasteiger partial charge >= 0.3 is 0 Å². The predicted octanol–water partition coefficient (Wildman–Crippen LogP) is 1.96. The second-order valence-electron chi connectivity index (χ2n) is 4.64. The number of aryl methyl sites for hydroxylation is 1. The Labute approximate surface area is 111 Å². The third-order valence-electron chi connectivity index (χ3n) is 3.51. The molecule has 0 fully saturated rings. The molecule has 0 aliphatic rings. The summed E-state index contributed by atoms with van der Waals surface area (Å²) >= 11 is 0. The fourth-order valence-electron chi connectivity index (χ4n) is 2.31. The van der Waals surface area contributed by atoms with Crippen molar-refractivity contribution in [3.8, 4) is 0 Å². The van der Waals surface area contributed by atoms with Gasteiger partial charge in [0.1, 0.15) is 0 Å². The standard InChI is InChI=1S/C15H26N2O/c1-4-17(11-12-18)10-9-15(16-3)14-8-6-5-7-13(14)2/h5-8,15-16,18H,4,9-12H2,1-3H3. The van der Waals surface area contributed by atoms with Crippen molar-refractivity contribution in [2.75, 3.05) is 33.3 Å². The number of aliphatic hydroxyl groups is 1. The number of hydrogen-bond donors (Lipinski definition) is 2. The van der Waals surface area contributed by atoms with Crippen molar-refractivity contribution in [1.82, 2.24) is 10.2 Å². The molecule has 0 heterocycles. The number of likely N-dealkylation sites (N-methyl/N-ethyl adjacent to an activating group) is 1. The normalized spacial score (nSPS) is 12.9. The fourth-order valence-corrected chi connectivity index (χ4v) is 2.31. The average Bonchev–Trinajstić information content (AvgIpc) is 2.40. The molecule has 0 saturated carbocycles. The molecule has 0 amide bonds. The summed E-state index contributed by atoms with van der Waals surface area (Å²) in [6, 6.07) is 8.91. The molecule has 0 saturated heterocycles. The number of nitrogens with zero attached hydrogens (tertiary/aromatic N) is 1. The first kappa shape index (κ1) is 15.2. The van der Waals surface area contributed by atoms with E-state index in [2.05, 4.69) is 48.3 Å². The molecule has 18 heavy (non-hydrogen) atoms. The van der Waals surface area contributed by atoms with Gasteiger partial charge in [-0.15, -0.1) is 0 Å². The number of rotatable bonds is 8. The summed E-state index contributed by atoms with van der Waals surface area (Å²) < 4.78 is 0. The Hall–Kier alpha value is -0.900. The van der Waals surface area contributed by atoms with Gasteiger partial charge < -0.3 is 15.3 Å². The Morgan fingerprint density at radius 2 is 2.00 bits per heavy atom. The monoisotopic (exact) mass is 250 g/mol. The van der Waals surface area contributed by atoms with Gasteiger partial charge in [-0.1, -0.05) is 31.2 Å². The molecule has 0 aliphatic carbocycles. The molecule has 1 rings (SSSR count). The van der Waals surface area contributed by atoms with Crippen LogP contribution in [-0.2, 0) is 0 Å². The molecule has 0 spiro atoms. The van der Waals surface area contributed by atoms with E-state index in [4.69, 9.17) is 5.11 Å². The van der Waals surface area contributed by atoms with E-state index in [-0.39, 0.29) is 6.61 Å². The maximum atomic E-state index is 8.99. The van der Waals surface area contributed by atoms with Gasteiger partial charge in [-0.2, -0.15) is 0 Å². The number of hydrogen-bond acceptors (Lipinski definition) is 3. The highest BCUT2D eigenvalue weighted by Gasteiger charge is 2.12. The summed E-state index contributed by atoms with van der Waals surface area (Å²) in [7, 11) is 2.01. The highest BCUT2D eigenvalue weighted by molar-refractivity contribution is 5.28. The van der Waals surface area contributed by atoms with E-state index in [1.807, 2.05) is 7.05 Å².